The van der Waals surface area contributed by atoms with Crippen LogP contribution in [-0.4, -0.2) is 47.6 Å². The molecule has 0 spiro atoms. The van der Waals surface area contributed by atoms with E-state index in [1.54, 1.807) is 6.20 Å². The highest BCUT2D eigenvalue weighted by atomic mass is 16.2. The lowest BCUT2D eigenvalue weighted by atomic mass is 10.0. The van der Waals surface area contributed by atoms with Crippen LogP contribution >= 0.6 is 0 Å². The highest BCUT2D eigenvalue weighted by Gasteiger charge is 2.26. The second-order valence-electron chi connectivity index (χ2n) is 8.76. The number of rotatable bonds is 14. The van der Waals surface area contributed by atoms with E-state index in [9.17, 15) is 19.2 Å². The molecule has 2 atom stereocenters. The van der Waals surface area contributed by atoms with Gasteiger partial charge in [-0.25, -0.2) is 0 Å². The van der Waals surface area contributed by atoms with Gasteiger partial charge in [-0.2, -0.15) is 0 Å². The Morgan fingerprint density at radius 3 is 2.43 bits per heavy atom. The standard InChI is InChI=1S/C28H33N5O4/c29-16-7-6-12-26(35)32-25(15-17-34)28(37)33-24(14-13-20-8-2-1-3-9-20)27(36)31-22-18-21-10-4-5-11-23(21)30-19-22/h1-5,8-11,17-19,24-25H,6-7,12-16,29H2,(H,31,36)(H,32,35)(H,33,37)/t24-,25?/m0/s1. The maximum Gasteiger partial charge on any atom is 0.247 e. The number of nitrogens with zero attached hydrogens (tertiary/aromatic N) is 1. The molecule has 1 unspecified atom stereocenters. The Morgan fingerprint density at radius 1 is 0.919 bits per heavy atom. The molecular formula is C28H33N5O4. The van der Waals surface area contributed by atoms with Gasteiger partial charge in [-0.3, -0.25) is 19.4 Å². The van der Waals surface area contributed by atoms with E-state index in [1.807, 2.05) is 60.7 Å². The van der Waals surface area contributed by atoms with E-state index < -0.39 is 23.9 Å². The normalized spacial score (nSPS) is 12.4. The summed E-state index contributed by atoms with van der Waals surface area (Å²) in [6.07, 6.45) is 4.27. The fourth-order valence-electron chi connectivity index (χ4n) is 3.89. The molecule has 3 rings (SSSR count). The molecule has 1 aromatic heterocycles. The Morgan fingerprint density at radius 2 is 1.68 bits per heavy atom. The van der Waals surface area contributed by atoms with Gasteiger partial charge in [0.25, 0.3) is 0 Å². The van der Waals surface area contributed by atoms with Crippen molar-refractivity contribution in [1.29, 1.82) is 0 Å². The second-order valence-corrected chi connectivity index (χ2v) is 8.76. The van der Waals surface area contributed by atoms with Crippen molar-refractivity contribution in [3.8, 4) is 0 Å². The summed E-state index contributed by atoms with van der Waals surface area (Å²) in [7, 11) is 0. The van der Waals surface area contributed by atoms with Crippen molar-refractivity contribution in [3.63, 3.8) is 0 Å². The van der Waals surface area contributed by atoms with Crippen molar-refractivity contribution in [2.24, 2.45) is 5.73 Å². The highest BCUT2D eigenvalue weighted by Crippen LogP contribution is 2.17. The third kappa shape index (κ3) is 8.80. The number of nitrogens with one attached hydrogen (secondary N) is 3. The van der Waals surface area contributed by atoms with Crippen LogP contribution in [0.5, 0.6) is 0 Å². The minimum Gasteiger partial charge on any atom is -0.344 e. The Bertz CT molecular complexity index is 1200. The quantitative estimate of drug-likeness (QED) is 0.197. The maximum atomic E-state index is 13.3. The molecule has 1 heterocycles. The fraction of sp³-hybridized carbons (Fsp3) is 0.321. The monoisotopic (exact) mass is 503 g/mol. The van der Waals surface area contributed by atoms with E-state index in [0.29, 0.717) is 44.2 Å². The average Bonchev–Trinajstić information content (AvgIpc) is 2.91. The molecule has 9 heteroatoms. The molecule has 3 amide bonds. The first kappa shape index (κ1) is 27.5. The topological polar surface area (TPSA) is 143 Å². The zero-order valence-corrected chi connectivity index (χ0v) is 20.7. The van der Waals surface area contributed by atoms with Crippen LogP contribution in [0.2, 0.25) is 0 Å². The Labute approximate surface area is 216 Å². The average molecular weight is 504 g/mol. The summed E-state index contributed by atoms with van der Waals surface area (Å²) < 4.78 is 0. The minimum absolute atomic E-state index is 0.198. The smallest absolute Gasteiger partial charge is 0.247 e. The van der Waals surface area contributed by atoms with Gasteiger partial charge in [-0.15, -0.1) is 0 Å². The number of hydrogen-bond donors (Lipinski definition) is 4. The number of para-hydroxylation sites is 1. The number of pyridine rings is 1. The van der Waals surface area contributed by atoms with Crippen LogP contribution in [0.15, 0.2) is 66.9 Å². The van der Waals surface area contributed by atoms with E-state index >= 15 is 0 Å². The number of anilines is 1. The van der Waals surface area contributed by atoms with Crippen molar-refractivity contribution in [2.45, 2.75) is 50.6 Å². The zero-order valence-electron chi connectivity index (χ0n) is 20.7. The number of benzene rings is 2. The molecule has 194 valence electrons. The molecule has 0 saturated heterocycles. The number of fused-ring (bicyclic) bond motifs is 1. The molecule has 0 bridgehead atoms. The minimum atomic E-state index is -1.07. The number of aromatic nitrogens is 1. The van der Waals surface area contributed by atoms with Gasteiger partial charge in [0.1, 0.15) is 18.4 Å². The van der Waals surface area contributed by atoms with Crippen LogP contribution in [-0.2, 0) is 25.6 Å². The molecule has 0 fully saturated rings. The summed E-state index contributed by atoms with van der Waals surface area (Å²) in [6.45, 7) is 0.469. The van der Waals surface area contributed by atoms with E-state index in [1.165, 1.54) is 0 Å². The van der Waals surface area contributed by atoms with Gasteiger partial charge in [-0.1, -0.05) is 48.5 Å². The summed E-state index contributed by atoms with van der Waals surface area (Å²) in [4.78, 5) is 54.1. The lowest BCUT2D eigenvalue weighted by molar-refractivity contribution is -0.131. The number of hydrogen-bond acceptors (Lipinski definition) is 6. The summed E-state index contributed by atoms with van der Waals surface area (Å²) >= 11 is 0. The van der Waals surface area contributed by atoms with E-state index in [-0.39, 0.29) is 18.7 Å². The number of aldehydes is 1. The van der Waals surface area contributed by atoms with E-state index in [4.69, 9.17) is 5.73 Å². The van der Waals surface area contributed by atoms with Crippen molar-refractivity contribution < 1.29 is 19.2 Å². The van der Waals surface area contributed by atoms with Gasteiger partial charge in [-0.05, 0) is 49.9 Å². The zero-order chi connectivity index (χ0) is 26.5. The van der Waals surface area contributed by atoms with Crippen LogP contribution in [0.4, 0.5) is 5.69 Å². The fourth-order valence-corrected chi connectivity index (χ4v) is 3.89. The number of carbonyl (C=O) groups is 4. The third-order valence-corrected chi connectivity index (χ3v) is 5.90. The molecule has 9 nitrogen and oxygen atoms in total. The number of carbonyl (C=O) groups excluding carboxylic acids is 4. The highest BCUT2D eigenvalue weighted by molar-refractivity contribution is 5.99. The van der Waals surface area contributed by atoms with Gasteiger partial charge < -0.3 is 26.5 Å². The Kier molecular flexibility index (Phi) is 10.7. The van der Waals surface area contributed by atoms with Crippen LogP contribution in [0.1, 0.15) is 37.7 Å². The predicted molar refractivity (Wildman–Crippen MR) is 143 cm³/mol. The number of unbranched alkanes of at least 4 members (excludes halogenated alkanes) is 1. The van der Waals surface area contributed by atoms with Crippen LogP contribution in [0, 0.1) is 0 Å². The molecule has 37 heavy (non-hydrogen) atoms. The van der Waals surface area contributed by atoms with Gasteiger partial charge in [0.2, 0.25) is 17.7 Å². The van der Waals surface area contributed by atoms with Gasteiger partial charge in [0.15, 0.2) is 0 Å². The van der Waals surface area contributed by atoms with Gasteiger partial charge in [0.05, 0.1) is 17.4 Å². The number of aryl methyl sites for hydroxylation is 1. The van der Waals surface area contributed by atoms with Gasteiger partial charge >= 0.3 is 0 Å². The molecule has 2 aromatic carbocycles. The summed E-state index contributed by atoms with van der Waals surface area (Å²) in [5, 5.41) is 9.04. The summed E-state index contributed by atoms with van der Waals surface area (Å²) in [5.74, 6) is -1.35. The van der Waals surface area contributed by atoms with E-state index in [0.717, 1.165) is 16.5 Å². The molecule has 5 N–H and O–H groups in total. The first-order chi connectivity index (χ1) is 18.0. The Balaban J connectivity index is 1.72. The second kappa shape index (κ2) is 14.4. The lowest BCUT2D eigenvalue weighted by Crippen LogP contribution is -2.52. The third-order valence-electron chi connectivity index (χ3n) is 5.90. The maximum absolute atomic E-state index is 13.3. The first-order valence-corrected chi connectivity index (χ1v) is 12.4. The molecule has 0 saturated carbocycles. The van der Waals surface area contributed by atoms with Crippen LogP contribution in [0.25, 0.3) is 10.9 Å². The number of nitrogens with two attached hydrogens (primary N) is 1. The van der Waals surface area contributed by atoms with Crippen LogP contribution in [0.3, 0.4) is 0 Å². The van der Waals surface area contributed by atoms with Crippen molar-refractivity contribution in [3.05, 3.63) is 72.4 Å². The predicted octanol–water partition coefficient (Wildman–Crippen LogP) is 2.49. The molecule has 3 aromatic rings. The largest absolute Gasteiger partial charge is 0.344 e. The molecule has 0 aliphatic rings. The van der Waals surface area contributed by atoms with Crippen LogP contribution < -0.4 is 21.7 Å². The van der Waals surface area contributed by atoms with Crippen molar-refractivity contribution in [2.75, 3.05) is 11.9 Å². The molecular weight excluding hydrogens is 470 g/mol. The van der Waals surface area contributed by atoms with Gasteiger partial charge in [0, 0.05) is 18.2 Å². The summed E-state index contributed by atoms with van der Waals surface area (Å²) in [5.41, 5.74) is 7.78. The molecule has 0 radical (unpaired) electrons. The van der Waals surface area contributed by atoms with Crippen molar-refractivity contribution >= 4 is 40.6 Å². The number of amides is 3. The SMILES string of the molecule is NCCCCC(=O)NC(CC=O)C(=O)N[C@@H](CCc1ccccc1)C(=O)Nc1cnc2ccccc2c1. The molecule has 0 aliphatic carbocycles. The van der Waals surface area contributed by atoms with Crippen molar-refractivity contribution in [1.82, 2.24) is 15.6 Å². The van der Waals surface area contributed by atoms with E-state index in [2.05, 4.69) is 20.9 Å². The Hall–Kier alpha value is -4.11. The summed E-state index contributed by atoms with van der Waals surface area (Å²) in [6, 6.07) is 17.0. The molecule has 0 aliphatic heterocycles. The lowest BCUT2D eigenvalue weighted by Gasteiger charge is -2.22. The first-order valence-electron chi connectivity index (χ1n) is 12.4.